The van der Waals surface area contributed by atoms with Gasteiger partial charge in [-0.25, -0.2) is 9.59 Å². The predicted octanol–water partition coefficient (Wildman–Crippen LogP) is 3.20. The number of nitrogens with zero attached hydrogens (tertiary/aromatic N) is 3. The minimum atomic E-state index is -5.08. The Kier molecular flexibility index (Phi) is 10.9. The van der Waals surface area contributed by atoms with E-state index in [9.17, 15) is 31.1 Å². The van der Waals surface area contributed by atoms with Gasteiger partial charge in [0.2, 0.25) is 5.91 Å². The van der Waals surface area contributed by atoms with Crippen molar-refractivity contribution in [3.63, 3.8) is 0 Å². The average Bonchev–Trinajstić information content (AvgIpc) is 3.54. The van der Waals surface area contributed by atoms with E-state index >= 15 is 0 Å². The Morgan fingerprint density at radius 1 is 1.03 bits per heavy atom. The summed E-state index contributed by atoms with van der Waals surface area (Å²) in [4.78, 5) is 39.3. The van der Waals surface area contributed by atoms with E-state index < -0.39 is 24.3 Å². The van der Waals surface area contributed by atoms with E-state index in [-0.39, 0.29) is 6.10 Å². The van der Waals surface area contributed by atoms with E-state index in [4.69, 9.17) is 24.5 Å². The number of ether oxygens (including phenoxy) is 1. The molecule has 38 heavy (non-hydrogen) atoms. The molecule has 0 radical (unpaired) electrons. The summed E-state index contributed by atoms with van der Waals surface area (Å²) in [5.74, 6) is -4.06. The number of rotatable bonds is 5. The van der Waals surface area contributed by atoms with Crippen molar-refractivity contribution in [1.82, 2.24) is 14.8 Å². The van der Waals surface area contributed by atoms with Gasteiger partial charge in [-0.2, -0.15) is 26.3 Å². The SMILES string of the molecule is CO[C@H]1CCN(C(=O)CC2CC2)[C@@H]2CN(Cc3cccnc3)C[C@H]12.O=C(O)C(F)(F)F.O=C(O)C(F)(F)F. The van der Waals surface area contributed by atoms with Crippen molar-refractivity contribution >= 4 is 17.8 Å². The van der Waals surface area contributed by atoms with Crippen LogP contribution in [-0.4, -0.2) is 94.1 Å². The molecule has 2 saturated heterocycles. The van der Waals surface area contributed by atoms with E-state index in [1.807, 2.05) is 25.6 Å². The van der Waals surface area contributed by atoms with Crippen LogP contribution in [0.4, 0.5) is 26.3 Å². The van der Waals surface area contributed by atoms with Crippen LogP contribution in [0.25, 0.3) is 0 Å². The lowest BCUT2D eigenvalue weighted by Crippen LogP contribution is -2.53. The van der Waals surface area contributed by atoms with Gasteiger partial charge in [0.15, 0.2) is 0 Å². The van der Waals surface area contributed by atoms with Gasteiger partial charge in [-0.05, 0) is 36.8 Å². The largest absolute Gasteiger partial charge is 0.490 e. The molecule has 0 bridgehead atoms. The van der Waals surface area contributed by atoms with Crippen molar-refractivity contribution < 1.29 is 55.7 Å². The van der Waals surface area contributed by atoms with Crippen LogP contribution in [0.5, 0.6) is 0 Å². The number of carbonyl (C=O) groups excluding carboxylic acids is 1. The first-order valence-electron chi connectivity index (χ1n) is 11.7. The zero-order valence-electron chi connectivity index (χ0n) is 20.4. The quantitative estimate of drug-likeness (QED) is 0.530. The molecule has 1 aromatic heterocycles. The Hall–Kier alpha value is -2.94. The second-order valence-corrected chi connectivity index (χ2v) is 9.19. The van der Waals surface area contributed by atoms with Gasteiger partial charge in [-0.15, -0.1) is 0 Å². The molecule has 2 N–H and O–H groups in total. The maximum atomic E-state index is 12.7. The first-order chi connectivity index (χ1) is 17.6. The number of alkyl halides is 6. The number of carboxylic acid groups (broad SMARTS) is 2. The highest BCUT2D eigenvalue weighted by molar-refractivity contribution is 5.77. The minimum absolute atomic E-state index is 0.277. The van der Waals surface area contributed by atoms with Gasteiger partial charge in [0.25, 0.3) is 0 Å². The highest BCUT2D eigenvalue weighted by atomic mass is 19.4. The molecular weight excluding hydrogens is 528 g/mol. The lowest BCUT2D eigenvalue weighted by atomic mass is 9.88. The van der Waals surface area contributed by atoms with E-state index in [1.54, 1.807) is 0 Å². The number of carbonyl (C=O) groups is 3. The van der Waals surface area contributed by atoms with Gasteiger partial charge in [0.1, 0.15) is 0 Å². The summed E-state index contributed by atoms with van der Waals surface area (Å²) in [6.07, 6.45) is -1.95. The van der Waals surface area contributed by atoms with Crippen molar-refractivity contribution in [3.05, 3.63) is 30.1 Å². The van der Waals surface area contributed by atoms with Crippen molar-refractivity contribution in [3.8, 4) is 0 Å². The van der Waals surface area contributed by atoms with Crippen LogP contribution < -0.4 is 0 Å². The number of hydrogen-bond acceptors (Lipinski definition) is 6. The average molecular weight is 557 g/mol. The van der Waals surface area contributed by atoms with Crippen LogP contribution in [-0.2, 0) is 25.7 Å². The number of aliphatic carboxylic acids is 2. The monoisotopic (exact) mass is 557 g/mol. The molecule has 3 aliphatic rings. The number of piperidine rings is 1. The van der Waals surface area contributed by atoms with Gasteiger partial charge >= 0.3 is 24.3 Å². The molecule has 4 rings (SSSR count). The fourth-order valence-electron chi connectivity index (χ4n) is 4.40. The van der Waals surface area contributed by atoms with E-state index in [1.165, 1.54) is 18.4 Å². The Morgan fingerprint density at radius 2 is 1.61 bits per heavy atom. The molecular formula is C23H29F6N3O6. The molecule has 0 aromatic carbocycles. The van der Waals surface area contributed by atoms with Crippen molar-refractivity contribution in [2.24, 2.45) is 11.8 Å². The molecule has 1 aliphatic carbocycles. The second kappa shape index (κ2) is 13.2. The van der Waals surface area contributed by atoms with Gasteiger partial charge in [-0.1, -0.05) is 6.07 Å². The van der Waals surface area contributed by atoms with Crippen molar-refractivity contribution in [1.29, 1.82) is 0 Å². The molecule has 3 atom stereocenters. The third-order valence-electron chi connectivity index (χ3n) is 6.34. The number of likely N-dealkylation sites (tertiary alicyclic amines) is 2. The molecule has 3 fully saturated rings. The van der Waals surface area contributed by atoms with Crippen LogP contribution in [0.3, 0.4) is 0 Å². The molecule has 0 unspecified atom stereocenters. The van der Waals surface area contributed by atoms with E-state index in [0.717, 1.165) is 39.0 Å². The number of fused-ring (bicyclic) bond motifs is 1. The minimum Gasteiger partial charge on any atom is -0.475 e. The Labute approximate surface area is 214 Å². The fraction of sp³-hybridized carbons (Fsp3) is 0.652. The van der Waals surface area contributed by atoms with E-state index in [2.05, 4.69) is 20.9 Å². The number of hydrogen-bond donors (Lipinski definition) is 2. The van der Waals surface area contributed by atoms with Gasteiger partial charge in [0, 0.05) is 58.0 Å². The van der Waals surface area contributed by atoms with Crippen LogP contribution in [0.1, 0.15) is 31.2 Å². The normalized spacial score (nSPS) is 23.3. The zero-order valence-corrected chi connectivity index (χ0v) is 20.4. The number of carboxylic acids is 2. The van der Waals surface area contributed by atoms with Crippen molar-refractivity contribution in [2.45, 2.75) is 56.7 Å². The zero-order chi connectivity index (χ0) is 28.7. The molecule has 1 saturated carbocycles. The summed E-state index contributed by atoms with van der Waals surface area (Å²) >= 11 is 0. The number of halogens is 6. The number of methoxy groups -OCH3 is 1. The molecule has 1 aromatic rings. The summed E-state index contributed by atoms with van der Waals surface area (Å²) in [5, 5.41) is 14.2. The molecule has 3 heterocycles. The third-order valence-corrected chi connectivity index (χ3v) is 6.34. The van der Waals surface area contributed by atoms with Gasteiger partial charge in [0.05, 0.1) is 12.1 Å². The van der Waals surface area contributed by atoms with Crippen molar-refractivity contribution in [2.75, 3.05) is 26.7 Å². The standard InChI is InChI=1S/C19H27N3O2.2C2HF3O2/c1-24-18-6-8-22(19(23)9-14-4-5-14)17-13-21(12-16(17)18)11-15-3-2-7-20-10-15;2*3-2(4,5)1(6)7/h2-3,7,10,14,16-18H,4-6,8-9,11-13H2,1H3;2*(H,6,7)/t16-,17+,18-;;/m0../s1. The summed E-state index contributed by atoms with van der Waals surface area (Å²) < 4.78 is 69.2. The van der Waals surface area contributed by atoms with Crippen LogP contribution >= 0.6 is 0 Å². The number of aromatic nitrogens is 1. The molecule has 15 heteroatoms. The summed E-state index contributed by atoms with van der Waals surface area (Å²) in [6.45, 7) is 3.72. The lowest BCUT2D eigenvalue weighted by molar-refractivity contribution is -0.193. The highest BCUT2D eigenvalue weighted by Gasteiger charge is 2.46. The number of pyridine rings is 1. The van der Waals surface area contributed by atoms with Gasteiger partial charge in [-0.3, -0.25) is 14.7 Å². The van der Waals surface area contributed by atoms with E-state index in [0.29, 0.717) is 23.8 Å². The first-order valence-corrected chi connectivity index (χ1v) is 11.7. The predicted molar refractivity (Wildman–Crippen MR) is 119 cm³/mol. The molecule has 2 aliphatic heterocycles. The topological polar surface area (TPSA) is 120 Å². The maximum Gasteiger partial charge on any atom is 0.490 e. The summed E-state index contributed by atoms with van der Waals surface area (Å²) in [7, 11) is 1.81. The lowest BCUT2D eigenvalue weighted by Gasteiger charge is -2.41. The highest BCUT2D eigenvalue weighted by Crippen LogP contribution is 2.37. The third kappa shape index (κ3) is 9.74. The maximum absolute atomic E-state index is 12.7. The van der Waals surface area contributed by atoms with Gasteiger partial charge < -0.3 is 19.8 Å². The second-order valence-electron chi connectivity index (χ2n) is 9.19. The smallest absolute Gasteiger partial charge is 0.475 e. The van der Waals surface area contributed by atoms with Crippen LogP contribution in [0.2, 0.25) is 0 Å². The Balaban J connectivity index is 0.000000301. The molecule has 1 amide bonds. The van der Waals surface area contributed by atoms with Crippen LogP contribution in [0.15, 0.2) is 24.5 Å². The first kappa shape index (κ1) is 31.3. The summed E-state index contributed by atoms with van der Waals surface area (Å²) in [5.41, 5.74) is 1.24. The number of amides is 1. The Morgan fingerprint density at radius 3 is 2.05 bits per heavy atom. The fourth-order valence-corrected chi connectivity index (χ4v) is 4.40. The molecule has 9 nitrogen and oxygen atoms in total. The molecule has 0 spiro atoms. The Bertz CT molecular complexity index is 918. The summed E-state index contributed by atoms with van der Waals surface area (Å²) in [6, 6.07) is 4.42. The van der Waals surface area contributed by atoms with Crippen LogP contribution in [0, 0.1) is 11.8 Å². The molecule has 214 valence electrons.